The molecule has 1 aromatic heterocycles. The smallest absolute Gasteiger partial charge is 0.267 e. The monoisotopic (exact) mass is 262 g/mol. The molecule has 0 spiro atoms. The molecule has 3 nitrogen and oxygen atoms in total. The lowest BCUT2D eigenvalue weighted by Crippen LogP contribution is -2.19. The van der Waals surface area contributed by atoms with Crippen LogP contribution in [0.3, 0.4) is 0 Å². The molecule has 92 valence electrons. The Balaban J connectivity index is 2.04. The number of halogens is 1. The molecule has 0 saturated carbocycles. The van der Waals surface area contributed by atoms with Crippen molar-refractivity contribution >= 4 is 23.0 Å². The van der Waals surface area contributed by atoms with E-state index in [0.717, 1.165) is 10.6 Å². The average Bonchev–Trinajstić information content (AvgIpc) is 2.90. The van der Waals surface area contributed by atoms with E-state index in [-0.39, 0.29) is 11.7 Å². The lowest BCUT2D eigenvalue weighted by atomic mass is 10.2. The Bertz CT molecular complexity index is 561. The Labute approximate surface area is 108 Å². The van der Waals surface area contributed by atoms with Crippen molar-refractivity contribution in [2.24, 2.45) is 5.10 Å². The molecule has 1 aromatic carbocycles. The largest absolute Gasteiger partial charge is 0.271 e. The Hall–Kier alpha value is -2.01. The van der Waals surface area contributed by atoms with Gasteiger partial charge in [-0.2, -0.15) is 5.10 Å². The molecule has 0 unspecified atom stereocenters. The van der Waals surface area contributed by atoms with Crippen LogP contribution in [0.4, 0.5) is 4.39 Å². The molecule has 18 heavy (non-hydrogen) atoms. The summed E-state index contributed by atoms with van der Waals surface area (Å²) in [6.45, 7) is 1.82. The van der Waals surface area contributed by atoms with E-state index < -0.39 is 0 Å². The Morgan fingerprint density at radius 1 is 1.28 bits per heavy atom. The van der Waals surface area contributed by atoms with Crippen LogP contribution in [-0.2, 0) is 0 Å². The van der Waals surface area contributed by atoms with Gasteiger partial charge in [0.05, 0.1) is 5.71 Å². The first-order valence-electron chi connectivity index (χ1n) is 5.31. The second-order valence-electron chi connectivity index (χ2n) is 3.62. The number of benzene rings is 1. The predicted molar refractivity (Wildman–Crippen MR) is 70.4 cm³/mol. The highest BCUT2D eigenvalue weighted by Gasteiger charge is 2.05. The van der Waals surface area contributed by atoms with Gasteiger partial charge in [-0.3, -0.25) is 4.79 Å². The Morgan fingerprint density at radius 3 is 2.61 bits per heavy atom. The molecule has 0 radical (unpaired) electrons. The van der Waals surface area contributed by atoms with Crippen LogP contribution in [0.25, 0.3) is 0 Å². The van der Waals surface area contributed by atoms with Crippen molar-refractivity contribution in [3.8, 4) is 0 Å². The first-order valence-corrected chi connectivity index (χ1v) is 6.19. The molecule has 1 N–H and O–H groups in total. The van der Waals surface area contributed by atoms with E-state index in [2.05, 4.69) is 10.5 Å². The van der Waals surface area contributed by atoms with E-state index in [1.807, 2.05) is 24.4 Å². The van der Waals surface area contributed by atoms with Crippen molar-refractivity contribution in [2.45, 2.75) is 6.92 Å². The lowest BCUT2D eigenvalue weighted by Gasteiger charge is -2.01. The summed E-state index contributed by atoms with van der Waals surface area (Å²) in [5.74, 6) is -0.726. The molecule has 0 bridgehead atoms. The molecule has 0 aliphatic heterocycles. The number of nitrogens with zero attached hydrogens (tertiary/aromatic N) is 1. The van der Waals surface area contributed by atoms with E-state index in [4.69, 9.17) is 0 Å². The standard InChI is InChI=1S/C13H11FN2OS/c1-9(12-3-2-8-18-12)15-16-13(17)10-4-6-11(14)7-5-10/h2-8H,1H3,(H,16,17)/b15-9+. The van der Waals surface area contributed by atoms with E-state index in [1.165, 1.54) is 24.3 Å². The van der Waals surface area contributed by atoms with Crippen LogP contribution in [0, 0.1) is 5.82 Å². The van der Waals surface area contributed by atoms with Crippen molar-refractivity contribution in [2.75, 3.05) is 0 Å². The number of nitrogens with one attached hydrogen (secondary N) is 1. The normalized spacial score (nSPS) is 11.3. The van der Waals surface area contributed by atoms with Crippen LogP contribution in [-0.4, -0.2) is 11.6 Å². The molecule has 0 fully saturated rings. The van der Waals surface area contributed by atoms with Gasteiger partial charge >= 0.3 is 0 Å². The quantitative estimate of drug-likeness (QED) is 0.670. The summed E-state index contributed by atoms with van der Waals surface area (Å²) in [6, 6.07) is 9.16. The predicted octanol–water partition coefficient (Wildman–Crippen LogP) is 3.04. The van der Waals surface area contributed by atoms with Crippen LogP contribution >= 0.6 is 11.3 Å². The SMILES string of the molecule is C/C(=N\NC(=O)c1ccc(F)cc1)c1cccs1. The fraction of sp³-hybridized carbons (Fsp3) is 0.0769. The molecule has 5 heteroatoms. The van der Waals surface area contributed by atoms with Gasteiger partial charge in [0.2, 0.25) is 0 Å². The molecule has 1 heterocycles. The van der Waals surface area contributed by atoms with Gasteiger partial charge in [0.1, 0.15) is 5.82 Å². The van der Waals surface area contributed by atoms with Gasteiger partial charge < -0.3 is 0 Å². The highest BCUT2D eigenvalue weighted by Crippen LogP contribution is 2.09. The molecular weight excluding hydrogens is 251 g/mol. The Morgan fingerprint density at radius 2 is 2.00 bits per heavy atom. The summed E-state index contributed by atoms with van der Waals surface area (Å²) in [5, 5.41) is 5.94. The zero-order chi connectivity index (χ0) is 13.0. The first-order chi connectivity index (χ1) is 8.66. The molecule has 1 amide bonds. The molecule has 2 aromatic rings. The highest BCUT2D eigenvalue weighted by molar-refractivity contribution is 7.12. The summed E-state index contributed by atoms with van der Waals surface area (Å²) in [5.41, 5.74) is 3.55. The third-order valence-corrected chi connectivity index (χ3v) is 3.29. The number of amides is 1. The maximum absolute atomic E-state index is 12.7. The van der Waals surface area contributed by atoms with Gasteiger partial charge in [-0.25, -0.2) is 9.82 Å². The van der Waals surface area contributed by atoms with Gasteiger partial charge in [-0.15, -0.1) is 11.3 Å². The number of hydrogen-bond donors (Lipinski definition) is 1. The topological polar surface area (TPSA) is 41.5 Å². The van der Waals surface area contributed by atoms with Gasteiger partial charge in [0.25, 0.3) is 5.91 Å². The van der Waals surface area contributed by atoms with Crippen LogP contribution in [0.5, 0.6) is 0 Å². The zero-order valence-electron chi connectivity index (χ0n) is 9.68. The minimum absolute atomic E-state index is 0.356. The van der Waals surface area contributed by atoms with Crippen molar-refractivity contribution in [1.29, 1.82) is 0 Å². The summed E-state index contributed by atoms with van der Waals surface area (Å²) < 4.78 is 12.7. The molecule has 0 atom stereocenters. The maximum Gasteiger partial charge on any atom is 0.271 e. The van der Waals surface area contributed by atoms with Gasteiger partial charge in [-0.05, 0) is 42.6 Å². The highest BCUT2D eigenvalue weighted by atomic mass is 32.1. The number of carbonyl (C=O) groups excluding carboxylic acids is 1. The lowest BCUT2D eigenvalue weighted by molar-refractivity contribution is 0.0955. The molecule has 2 rings (SSSR count). The van der Waals surface area contributed by atoms with Crippen molar-refractivity contribution in [3.63, 3.8) is 0 Å². The average molecular weight is 262 g/mol. The van der Waals surface area contributed by atoms with Crippen LogP contribution in [0.2, 0.25) is 0 Å². The molecule has 0 aliphatic carbocycles. The van der Waals surface area contributed by atoms with Crippen LogP contribution in [0.1, 0.15) is 22.2 Å². The fourth-order valence-electron chi connectivity index (χ4n) is 1.34. The molecule has 0 aliphatic rings. The number of thiophene rings is 1. The van der Waals surface area contributed by atoms with Crippen LogP contribution < -0.4 is 5.43 Å². The maximum atomic E-state index is 12.7. The number of carbonyl (C=O) groups is 1. The van der Waals surface area contributed by atoms with Gasteiger partial charge in [0, 0.05) is 10.4 Å². The van der Waals surface area contributed by atoms with Gasteiger partial charge in [0.15, 0.2) is 0 Å². The second-order valence-corrected chi connectivity index (χ2v) is 4.57. The summed E-state index contributed by atoms with van der Waals surface area (Å²) >= 11 is 1.55. The fourth-order valence-corrected chi connectivity index (χ4v) is 2.02. The van der Waals surface area contributed by atoms with Crippen LogP contribution in [0.15, 0.2) is 46.9 Å². The second kappa shape index (κ2) is 5.55. The van der Waals surface area contributed by atoms with Crippen molar-refractivity contribution < 1.29 is 9.18 Å². The summed E-state index contributed by atoms with van der Waals surface area (Å²) in [7, 11) is 0. The van der Waals surface area contributed by atoms with E-state index in [0.29, 0.717) is 5.56 Å². The van der Waals surface area contributed by atoms with Crippen molar-refractivity contribution in [1.82, 2.24) is 5.43 Å². The number of hydrogen-bond acceptors (Lipinski definition) is 3. The van der Waals surface area contributed by atoms with E-state index in [9.17, 15) is 9.18 Å². The minimum Gasteiger partial charge on any atom is -0.267 e. The van der Waals surface area contributed by atoms with E-state index in [1.54, 1.807) is 11.3 Å². The molecule has 0 saturated heterocycles. The first kappa shape index (κ1) is 12.4. The summed E-state index contributed by atoms with van der Waals surface area (Å²) in [4.78, 5) is 12.7. The molecular formula is C13H11FN2OS. The number of hydrazone groups is 1. The zero-order valence-corrected chi connectivity index (χ0v) is 10.5. The third kappa shape index (κ3) is 3.01. The Kier molecular flexibility index (Phi) is 3.84. The minimum atomic E-state index is -0.371. The van der Waals surface area contributed by atoms with Gasteiger partial charge in [-0.1, -0.05) is 6.07 Å². The van der Waals surface area contributed by atoms with E-state index >= 15 is 0 Å². The number of rotatable bonds is 3. The third-order valence-electron chi connectivity index (χ3n) is 2.31. The van der Waals surface area contributed by atoms with Crippen molar-refractivity contribution in [3.05, 3.63) is 58.0 Å². The summed E-state index contributed by atoms with van der Waals surface area (Å²) in [6.07, 6.45) is 0.